The minimum absolute atomic E-state index is 0.216. The normalized spacial score (nSPS) is 22.3. The number of amides is 1. The number of carbonyl (C=O) groups is 2. The Labute approximate surface area is 167 Å². The number of ether oxygens (including phenoxy) is 3. The van der Waals surface area contributed by atoms with Crippen LogP contribution in [0.15, 0.2) is 45.4 Å². The van der Waals surface area contributed by atoms with Crippen LogP contribution in [0.5, 0.6) is 0 Å². The van der Waals surface area contributed by atoms with Gasteiger partial charge in [-0.15, -0.1) is 5.10 Å². The number of methoxy groups -OCH3 is 1. The van der Waals surface area contributed by atoms with Crippen molar-refractivity contribution in [2.45, 2.75) is 25.6 Å². The number of benzene rings is 1. The minimum atomic E-state index is -0.595. The maximum absolute atomic E-state index is 11.7. The van der Waals surface area contributed by atoms with Crippen molar-refractivity contribution in [3.8, 4) is 0 Å². The molecule has 2 aliphatic rings. The van der Waals surface area contributed by atoms with Gasteiger partial charge in [0.25, 0.3) is 5.91 Å². The Kier molecular flexibility index (Phi) is 7.35. The van der Waals surface area contributed by atoms with Gasteiger partial charge in [-0.3, -0.25) is 10.1 Å². The summed E-state index contributed by atoms with van der Waals surface area (Å²) in [6.45, 7) is 1.99. The smallest absolute Gasteiger partial charge is 0.331 e. The predicted octanol–water partition coefficient (Wildman–Crippen LogP) is 1.99. The zero-order valence-electron chi connectivity index (χ0n) is 15.4. The summed E-state index contributed by atoms with van der Waals surface area (Å²) in [6, 6.07) is 7.76. The summed E-state index contributed by atoms with van der Waals surface area (Å²) in [5, 5.41) is 10.8. The van der Waals surface area contributed by atoms with Crippen molar-refractivity contribution in [1.29, 1.82) is 0 Å². The van der Waals surface area contributed by atoms with Crippen molar-refractivity contribution in [2.24, 2.45) is 10.2 Å². The van der Waals surface area contributed by atoms with Gasteiger partial charge in [0.05, 0.1) is 37.5 Å². The van der Waals surface area contributed by atoms with Crippen LogP contribution in [0.1, 0.15) is 24.0 Å². The Hall–Kier alpha value is -2.49. The average molecular weight is 403 g/mol. The number of carbonyl (C=O) groups excluding carboxylic acids is 2. The van der Waals surface area contributed by atoms with Crippen molar-refractivity contribution < 1.29 is 23.8 Å². The standard InChI is InChI=1S/C19H21N3O5S/c1-25-17(23)9-16-18(24)21-19(28-16)22-20-10-13-4-6-14(7-5-13)11-26-12-15-3-2-8-27-15/h4-7,9-10,15H,2-3,8,11-12H2,1H3,(H,21,22,24)/b16-9+,20-10?. The third-order valence-corrected chi connectivity index (χ3v) is 4.93. The molecule has 148 valence electrons. The van der Waals surface area contributed by atoms with E-state index in [9.17, 15) is 9.59 Å². The van der Waals surface area contributed by atoms with Gasteiger partial charge in [-0.05, 0) is 35.7 Å². The summed E-state index contributed by atoms with van der Waals surface area (Å²) < 4.78 is 15.7. The molecule has 2 heterocycles. The number of hydrogen-bond acceptors (Lipinski definition) is 8. The van der Waals surface area contributed by atoms with Crippen molar-refractivity contribution in [2.75, 3.05) is 20.3 Å². The first kappa shape index (κ1) is 20.2. The minimum Gasteiger partial charge on any atom is -0.466 e. The lowest BCUT2D eigenvalue weighted by atomic mass is 10.1. The molecule has 2 fully saturated rings. The van der Waals surface area contributed by atoms with Gasteiger partial charge in [0.2, 0.25) is 0 Å². The lowest BCUT2D eigenvalue weighted by Crippen LogP contribution is -2.19. The van der Waals surface area contributed by atoms with E-state index in [4.69, 9.17) is 9.47 Å². The van der Waals surface area contributed by atoms with Crippen LogP contribution in [0.25, 0.3) is 0 Å². The Morgan fingerprint density at radius 1 is 1.39 bits per heavy atom. The third-order valence-electron chi connectivity index (χ3n) is 4.03. The molecule has 9 heteroatoms. The molecule has 1 N–H and O–H groups in total. The van der Waals surface area contributed by atoms with Crippen LogP contribution < -0.4 is 5.32 Å². The summed E-state index contributed by atoms with van der Waals surface area (Å²) in [5.74, 6) is -1.00. The summed E-state index contributed by atoms with van der Waals surface area (Å²) in [4.78, 5) is 23.1. The van der Waals surface area contributed by atoms with Crippen LogP contribution in [-0.4, -0.2) is 49.7 Å². The Balaban J connectivity index is 1.47. The first-order valence-corrected chi connectivity index (χ1v) is 9.64. The highest BCUT2D eigenvalue weighted by molar-refractivity contribution is 8.18. The fourth-order valence-corrected chi connectivity index (χ4v) is 3.31. The van der Waals surface area contributed by atoms with Gasteiger partial charge in [-0.2, -0.15) is 5.10 Å². The summed E-state index contributed by atoms with van der Waals surface area (Å²) in [7, 11) is 1.25. The maximum Gasteiger partial charge on any atom is 0.331 e. The van der Waals surface area contributed by atoms with Gasteiger partial charge in [0.1, 0.15) is 0 Å². The molecule has 28 heavy (non-hydrogen) atoms. The predicted molar refractivity (Wildman–Crippen MR) is 106 cm³/mol. The number of hydrogen-bond donors (Lipinski definition) is 1. The molecule has 1 unspecified atom stereocenters. The van der Waals surface area contributed by atoms with Gasteiger partial charge in [-0.25, -0.2) is 4.79 Å². The van der Waals surface area contributed by atoms with E-state index >= 15 is 0 Å². The fraction of sp³-hybridized carbons (Fsp3) is 0.368. The van der Waals surface area contributed by atoms with Crippen molar-refractivity contribution >= 4 is 35.0 Å². The van der Waals surface area contributed by atoms with Crippen LogP contribution in [-0.2, 0) is 30.4 Å². The molecule has 0 saturated carbocycles. The van der Waals surface area contributed by atoms with E-state index in [0.717, 1.165) is 48.4 Å². The highest BCUT2D eigenvalue weighted by atomic mass is 32.2. The number of nitrogens with one attached hydrogen (secondary N) is 1. The first-order chi connectivity index (χ1) is 13.6. The van der Waals surface area contributed by atoms with E-state index in [-0.39, 0.29) is 11.0 Å². The van der Waals surface area contributed by atoms with Crippen molar-refractivity contribution in [1.82, 2.24) is 5.32 Å². The van der Waals surface area contributed by atoms with Crippen molar-refractivity contribution in [3.05, 3.63) is 46.4 Å². The van der Waals surface area contributed by atoms with Crippen molar-refractivity contribution in [3.63, 3.8) is 0 Å². The number of amidine groups is 1. The summed E-state index contributed by atoms with van der Waals surface area (Å²) in [6.07, 6.45) is 5.10. The molecule has 1 aromatic rings. The van der Waals surface area contributed by atoms with E-state index in [1.54, 1.807) is 6.21 Å². The van der Waals surface area contributed by atoms with Gasteiger partial charge in [0.15, 0.2) is 5.17 Å². The van der Waals surface area contributed by atoms with E-state index < -0.39 is 11.9 Å². The van der Waals surface area contributed by atoms with Crippen LogP contribution >= 0.6 is 11.8 Å². The second-order valence-electron chi connectivity index (χ2n) is 6.13. The maximum atomic E-state index is 11.7. The number of esters is 1. The number of rotatable bonds is 7. The lowest BCUT2D eigenvalue weighted by Gasteiger charge is -2.10. The van der Waals surface area contributed by atoms with Crippen LogP contribution in [0.3, 0.4) is 0 Å². The molecule has 3 rings (SSSR count). The second-order valence-corrected chi connectivity index (χ2v) is 7.16. The van der Waals surface area contributed by atoms with Gasteiger partial charge >= 0.3 is 5.97 Å². The van der Waals surface area contributed by atoms with E-state index in [2.05, 4.69) is 20.3 Å². The number of nitrogens with zero attached hydrogens (tertiary/aromatic N) is 2. The molecule has 1 amide bonds. The van der Waals surface area contributed by atoms with Crippen LogP contribution in [0.2, 0.25) is 0 Å². The fourth-order valence-electron chi connectivity index (χ4n) is 2.57. The molecule has 2 saturated heterocycles. The Morgan fingerprint density at radius 3 is 2.93 bits per heavy atom. The molecule has 2 aliphatic heterocycles. The zero-order chi connectivity index (χ0) is 19.8. The molecule has 0 spiro atoms. The van der Waals surface area contributed by atoms with E-state index in [1.807, 2.05) is 24.3 Å². The quantitative estimate of drug-likeness (QED) is 0.324. The topological polar surface area (TPSA) is 98.6 Å². The molecule has 1 atom stereocenters. The Morgan fingerprint density at radius 2 is 2.21 bits per heavy atom. The molecule has 0 bridgehead atoms. The third kappa shape index (κ3) is 6.01. The number of thioether (sulfide) groups is 1. The molecule has 1 aromatic carbocycles. The molecule has 0 radical (unpaired) electrons. The van der Waals surface area contributed by atoms with Gasteiger partial charge in [0, 0.05) is 12.7 Å². The van der Waals surface area contributed by atoms with Crippen LogP contribution in [0.4, 0.5) is 0 Å². The average Bonchev–Trinajstić information content (AvgIpc) is 3.33. The van der Waals surface area contributed by atoms with E-state index in [0.29, 0.717) is 18.4 Å². The second kappa shape index (κ2) is 10.2. The largest absolute Gasteiger partial charge is 0.466 e. The molecule has 0 aromatic heterocycles. The monoisotopic (exact) mass is 403 g/mol. The van der Waals surface area contributed by atoms with Gasteiger partial charge in [-0.1, -0.05) is 24.3 Å². The lowest BCUT2D eigenvalue weighted by molar-refractivity contribution is -0.135. The Bertz CT molecular complexity index is 798. The zero-order valence-corrected chi connectivity index (χ0v) is 16.2. The van der Waals surface area contributed by atoms with E-state index in [1.165, 1.54) is 7.11 Å². The summed E-state index contributed by atoms with van der Waals surface area (Å²) >= 11 is 1.03. The molecular weight excluding hydrogens is 382 g/mol. The van der Waals surface area contributed by atoms with Gasteiger partial charge < -0.3 is 14.2 Å². The first-order valence-electron chi connectivity index (χ1n) is 8.82. The summed E-state index contributed by atoms with van der Waals surface area (Å²) in [5.41, 5.74) is 1.93. The molecule has 0 aliphatic carbocycles. The SMILES string of the molecule is COC(=O)/C=C1/S/C(=N\N=Cc2ccc(COCC3CCCO3)cc2)NC1=O. The molecular formula is C19H21N3O5S. The highest BCUT2D eigenvalue weighted by Crippen LogP contribution is 2.23. The highest BCUT2D eigenvalue weighted by Gasteiger charge is 2.25. The van der Waals surface area contributed by atoms with Crippen LogP contribution in [0, 0.1) is 0 Å². The molecule has 8 nitrogen and oxygen atoms in total.